The Bertz CT molecular complexity index is 567. The first-order valence-corrected chi connectivity index (χ1v) is 4.91. The summed E-state index contributed by atoms with van der Waals surface area (Å²) >= 11 is 0. The van der Waals surface area contributed by atoms with Crippen LogP contribution in [-0.4, -0.2) is 21.0 Å². The number of amides is 1. The quantitative estimate of drug-likeness (QED) is 0.778. The molecule has 0 aromatic carbocycles. The van der Waals surface area contributed by atoms with Crippen molar-refractivity contribution in [3.05, 3.63) is 46.0 Å². The van der Waals surface area contributed by atoms with Gasteiger partial charge in [-0.15, -0.1) is 0 Å². The van der Waals surface area contributed by atoms with Crippen molar-refractivity contribution in [2.24, 2.45) is 0 Å². The van der Waals surface area contributed by atoms with Crippen molar-refractivity contribution in [2.75, 3.05) is 0 Å². The summed E-state index contributed by atoms with van der Waals surface area (Å²) in [5.41, 5.74) is 0.106. The van der Waals surface area contributed by atoms with E-state index in [2.05, 4.69) is 20.4 Å². The zero-order valence-electron chi connectivity index (χ0n) is 9.06. The molecule has 0 aliphatic rings. The molecule has 0 aliphatic carbocycles. The van der Waals surface area contributed by atoms with Crippen molar-refractivity contribution in [3.63, 3.8) is 0 Å². The summed E-state index contributed by atoms with van der Waals surface area (Å²) in [7, 11) is 0. The summed E-state index contributed by atoms with van der Waals surface area (Å²) in [6.07, 6.45) is 1.34. The Labute approximate surface area is 95.9 Å². The Balaban J connectivity index is 1.98. The second-order valence-corrected chi connectivity index (χ2v) is 3.36. The first-order valence-electron chi connectivity index (χ1n) is 4.91. The first-order chi connectivity index (χ1) is 8.15. The number of hydrogen-bond acceptors (Lipinski definition) is 5. The zero-order chi connectivity index (χ0) is 12.3. The summed E-state index contributed by atoms with van der Waals surface area (Å²) in [4.78, 5) is 28.8. The van der Waals surface area contributed by atoms with E-state index in [1.165, 1.54) is 18.3 Å². The lowest BCUT2D eigenvalue weighted by molar-refractivity contribution is 0.0946. The molecule has 2 aromatic heterocycles. The number of pyridine rings is 1. The summed E-state index contributed by atoms with van der Waals surface area (Å²) in [5.74, 6) is 0.524. The summed E-state index contributed by atoms with van der Waals surface area (Å²) in [5, 5.41) is 6.18. The molecule has 7 heteroatoms. The van der Waals surface area contributed by atoms with Crippen molar-refractivity contribution in [3.8, 4) is 0 Å². The second kappa shape index (κ2) is 4.60. The smallest absolute Gasteiger partial charge is 0.253 e. The molecule has 2 N–H and O–H groups in total. The van der Waals surface area contributed by atoms with Crippen molar-refractivity contribution >= 4 is 5.91 Å². The lowest BCUT2D eigenvalue weighted by atomic mass is 10.3. The third kappa shape index (κ3) is 2.77. The fourth-order valence-corrected chi connectivity index (χ4v) is 1.22. The lowest BCUT2D eigenvalue weighted by Gasteiger charge is -2.00. The van der Waals surface area contributed by atoms with Crippen molar-refractivity contribution in [1.29, 1.82) is 0 Å². The minimum Gasteiger partial charge on any atom is -0.343 e. The first kappa shape index (κ1) is 11.1. The van der Waals surface area contributed by atoms with Crippen LogP contribution in [0.2, 0.25) is 0 Å². The molecule has 1 amide bonds. The molecule has 0 radical (unpaired) electrons. The van der Waals surface area contributed by atoms with Gasteiger partial charge in [0.05, 0.1) is 12.1 Å². The maximum absolute atomic E-state index is 11.6. The molecule has 88 valence electrons. The van der Waals surface area contributed by atoms with Gasteiger partial charge in [0.25, 0.3) is 5.91 Å². The number of carbonyl (C=O) groups is 1. The SMILES string of the molecule is Cc1noc(CNC(=O)c2ccc(=O)[nH]c2)n1. The van der Waals surface area contributed by atoms with E-state index in [0.717, 1.165) is 0 Å². The Morgan fingerprint density at radius 3 is 2.94 bits per heavy atom. The number of hydrogen-bond donors (Lipinski definition) is 2. The van der Waals surface area contributed by atoms with E-state index in [-0.39, 0.29) is 18.0 Å². The molecule has 0 saturated heterocycles. The van der Waals surface area contributed by atoms with Crippen LogP contribution in [0.15, 0.2) is 27.6 Å². The van der Waals surface area contributed by atoms with Gasteiger partial charge in [0, 0.05) is 12.3 Å². The van der Waals surface area contributed by atoms with Gasteiger partial charge in [-0.2, -0.15) is 4.98 Å². The third-order valence-corrected chi connectivity index (χ3v) is 2.02. The number of carbonyl (C=O) groups excluding carboxylic acids is 1. The van der Waals surface area contributed by atoms with Crippen LogP contribution in [0.4, 0.5) is 0 Å². The highest BCUT2D eigenvalue weighted by Crippen LogP contribution is 1.97. The van der Waals surface area contributed by atoms with E-state index >= 15 is 0 Å². The molecule has 0 atom stereocenters. The Kier molecular flexibility index (Phi) is 2.99. The fourth-order valence-electron chi connectivity index (χ4n) is 1.22. The van der Waals surface area contributed by atoms with Crippen LogP contribution in [-0.2, 0) is 6.54 Å². The third-order valence-electron chi connectivity index (χ3n) is 2.02. The van der Waals surface area contributed by atoms with Crippen LogP contribution in [0, 0.1) is 6.92 Å². The van der Waals surface area contributed by atoms with E-state index in [1.54, 1.807) is 6.92 Å². The Hall–Kier alpha value is -2.44. The molecule has 2 rings (SSSR count). The molecular weight excluding hydrogens is 224 g/mol. The molecule has 7 nitrogen and oxygen atoms in total. The highest BCUT2D eigenvalue weighted by molar-refractivity contribution is 5.93. The highest BCUT2D eigenvalue weighted by Gasteiger charge is 2.07. The second-order valence-electron chi connectivity index (χ2n) is 3.36. The molecule has 17 heavy (non-hydrogen) atoms. The zero-order valence-corrected chi connectivity index (χ0v) is 9.06. The monoisotopic (exact) mass is 234 g/mol. The van der Waals surface area contributed by atoms with E-state index in [0.29, 0.717) is 17.3 Å². The van der Waals surface area contributed by atoms with Crippen LogP contribution in [0.5, 0.6) is 0 Å². The average Bonchev–Trinajstić information content (AvgIpc) is 2.73. The van der Waals surface area contributed by atoms with Crippen molar-refractivity contribution in [2.45, 2.75) is 13.5 Å². The standard InChI is InChI=1S/C10H10N4O3/c1-6-13-9(17-14-6)5-12-10(16)7-2-3-8(15)11-4-7/h2-4H,5H2,1H3,(H,11,15)(H,12,16). The molecule has 0 bridgehead atoms. The maximum atomic E-state index is 11.6. The van der Waals surface area contributed by atoms with Crippen LogP contribution in [0.3, 0.4) is 0 Å². The van der Waals surface area contributed by atoms with Gasteiger partial charge >= 0.3 is 0 Å². The van der Waals surface area contributed by atoms with Crippen molar-refractivity contribution < 1.29 is 9.32 Å². The van der Waals surface area contributed by atoms with Gasteiger partial charge in [0.2, 0.25) is 11.4 Å². The molecule has 2 aromatic rings. The van der Waals surface area contributed by atoms with Gasteiger partial charge in [0.1, 0.15) is 0 Å². The van der Waals surface area contributed by atoms with Gasteiger partial charge in [-0.1, -0.05) is 5.16 Å². The number of aromatic nitrogens is 3. The average molecular weight is 234 g/mol. The Morgan fingerprint density at radius 1 is 1.53 bits per heavy atom. The van der Waals surface area contributed by atoms with Crippen molar-refractivity contribution in [1.82, 2.24) is 20.4 Å². The molecule has 0 spiro atoms. The van der Waals surface area contributed by atoms with E-state index < -0.39 is 0 Å². The van der Waals surface area contributed by atoms with Crippen LogP contribution in [0.25, 0.3) is 0 Å². The molecule has 0 aliphatic heterocycles. The number of nitrogens with zero attached hydrogens (tertiary/aromatic N) is 2. The molecule has 0 saturated carbocycles. The number of rotatable bonds is 3. The number of nitrogens with one attached hydrogen (secondary N) is 2. The lowest BCUT2D eigenvalue weighted by Crippen LogP contribution is -2.23. The van der Waals surface area contributed by atoms with Crippen LogP contribution < -0.4 is 10.9 Å². The maximum Gasteiger partial charge on any atom is 0.253 e. The minimum atomic E-state index is -0.322. The minimum absolute atomic E-state index is 0.152. The van der Waals surface area contributed by atoms with Crippen LogP contribution in [0.1, 0.15) is 22.1 Å². The van der Waals surface area contributed by atoms with Gasteiger partial charge in [-0.3, -0.25) is 9.59 Å². The number of H-pyrrole nitrogens is 1. The van der Waals surface area contributed by atoms with E-state index in [4.69, 9.17) is 4.52 Å². The molecule has 2 heterocycles. The van der Waals surface area contributed by atoms with Gasteiger partial charge in [0.15, 0.2) is 5.82 Å². The highest BCUT2D eigenvalue weighted by atomic mass is 16.5. The van der Waals surface area contributed by atoms with E-state index in [1.807, 2.05) is 0 Å². The van der Waals surface area contributed by atoms with E-state index in [9.17, 15) is 9.59 Å². The molecular formula is C10H10N4O3. The van der Waals surface area contributed by atoms with Gasteiger partial charge < -0.3 is 14.8 Å². The topological polar surface area (TPSA) is 101 Å². The predicted molar refractivity (Wildman–Crippen MR) is 57.3 cm³/mol. The summed E-state index contributed by atoms with van der Waals surface area (Å²) in [6.45, 7) is 1.84. The van der Waals surface area contributed by atoms with Gasteiger partial charge in [-0.25, -0.2) is 0 Å². The predicted octanol–water partition coefficient (Wildman–Crippen LogP) is -0.00368. The fraction of sp³-hybridized carbons (Fsp3) is 0.200. The van der Waals surface area contributed by atoms with Gasteiger partial charge in [-0.05, 0) is 13.0 Å². The largest absolute Gasteiger partial charge is 0.343 e. The number of aryl methyl sites for hydroxylation is 1. The summed E-state index contributed by atoms with van der Waals surface area (Å²) < 4.78 is 4.84. The molecule has 0 fully saturated rings. The Morgan fingerprint density at radius 2 is 2.35 bits per heavy atom. The molecule has 0 unspecified atom stereocenters. The summed E-state index contributed by atoms with van der Waals surface area (Å²) in [6, 6.07) is 2.72. The number of aromatic amines is 1. The normalized spacial score (nSPS) is 10.2. The van der Waals surface area contributed by atoms with Crippen LogP contribution >= 0.6 is 0 Å².